The van der Waals surface area contributed by atoms with E-state index in [9.17, 15) is 9.50 Å². The molecule has 0 aliphatic heterocycles. The van der Waals surface area contributed by atoms with Crippen LogP contribution in [0, 0.1) is 11.7 Å². The standard InChI is InChI=1S/C14H20ClFO/c1-3-5-6-10(4-2)14(17)12-9-11(16)7-8-13(12)15/h7-10,14,17H,3-6H2,1-2H3. The van der Waals surface area contributed by atoms with Crippen LogP contribution in [0.15, 0.2) is 18.2 Å². The number of halogens is 2. The van der Waals surface area contributed by atoms with Crippen LogP contribution in [0.3, 0.4) is 0 Å². The van der Waals surface area contributed by atoms with Crippen molar-refractivity contribution in [3.05, 3.63) is 34.6 Å². The van der Waals surface area contributed by atoms with Gasteiger partial charge in [0.15, 0.2) is 0 Å². The van der Waals surface area contributed by atoms with Crippen molar-refractivity contribution in [2.45, 2.75) is 45.6 Å². The highest BCUT2D eigenvalue weighted by atomic mass is 35.5. The van der Waals surface area contributed by atoms with E-state index in [0.717, 1.165) is 25.7 Å². The summed E-state index contributed by atoms with van der Waals surface area (Å²) in [7, 11) is 0. The summed E-state index contributed by atoms with van der Waals surface area (Å²) in [4.78, 5) is 0. The third kappa shape index (κ3) is 3.97. The minimum Gasteiger partial charge on any atom is -0.388 e. The van der Waals surface area contributed by atoms with Crippen LogP contribution >= 0.6 is 11.6 Å². The van der Waals surface area contributed by atoms with Crippen molar-refractivity contribution < 1.29 is 9.50 Å². The quantitative estimate of drug-likeness (QED) is 0.782. The Hall–Kier alpha value is -0.600. The van der Waals surface area contributed by atoms with E-state index in [-0.39, 0.29) is 11.7 Å². The zero-order chi connectivity index (χ0) is 12.8. The second-order valence-corrected chi connectivity index (χ2v) is 4.83. The van der Waals surface area contributed by atoms with E-state index in [1.807, 2.05) is 6.92 Å². The lowest BCUT2D eigenvalue weighted by atomic mass is 9.89. The van der Waals surface area contributed by atoms with Gasteiger partial charge in [-0.05, 0) is 30.5 Å². The van der Waals surface area contributed by atoms with Gasteiger partial charge in [-0.1, -0.05) is 44.7 Å². The van der Waals surface area contributed by atoms with E-state index in [4.69, 9.17) is 11.6 Å². The zero-order valence-corrected chi connectivity index (χ0v) is 11.2. The Bertz CT molecular complexity index is 354. The number of benzene rings is 1. The molecule has 1 aromatic carbocycles. The molecule has 0 aliphatic rings. The first-order chi connectivity index (χ1) is 8.10. The highest BCUT2D eigenvalue weighted by molar-refractivity contribution is 6.31. The molecule has 1 nitrogen and oxygen atoms in total. The molecule has 0 fully saturated rings. The summed E-state index contributed by atoms with van der Waals surface area (Å²) >= 11 is 6.00. The fraction of sp³-hybridized carbons (Fsp3) is 0.571. The van der Waals surface area contributed by atoms with Gasteiger partial charge >= 0.3 is 0 Å². The number of aliphatic hydroxyl groups is 1. The molecule has 1 aromatic rings. The molecule has 0 spiro atoms. The van der Waals surface area contributed by atoms with Gasteiger partial charge in [0, 0.05) is 10.6 Å². The maximum atomic E-state index is 13.2. The van der Waals surface area contributed by atoms with Crippen LogP contribution in [0.5, 0.6) is 0 Å². The second kappa shape index (κ2) is 6.97. The molecule has 0 bridgehead atoms. The predicted molar refractivity (Wildman–Crippen MR) is 69.7 cm³/mol. The topological polar surface area (TPSA) is 20.2 Å². The van der Waals surface area contributed by atoms with Gasteiger partial charge in [0.2, 0.25) is 0 Å². The predicted octanol–water partition coefficient (Wildman–Crippen LogP) is 4.73. The van der Waals surface area contributed by atoms with Gasteiger partial charge in [0.1, 0.15) is 5.82 Å². The molecule has 17 heavy (non-hydrogen) atoms. The number of hydrogen-bond acceptors (Lipinski definition) is 1. The Morgan fingerprint density at radius 1 is 1.35 bits per heavy atom. The molecule has 2 atom stereocenters. The summed E-state index contributed by atoms with van der Waals surface area (Å²) in [5.41, 5.74) is 0.509. The molecule has 0 radical (unpaired) electrons. The average molecular weight is 259 g/mol. The lowest BCUT2D eigenvalue weighted by Crippen LogP contribution is -2.12. The van der Waals surface area contributed by atoms with Crippen LogP contribution in [0.2, 0.25) is 5.02 Å². The number of hydrogen-bond donors (Lipinski definition) is 1. The van der Waals surface area contributed by atoms with E-state index in [1.54, 1.807) is 0 Å². The Kier molecular flexibility index (Phi) is 5.93. The first kappa shape index (κ1) is 14.5. The molecule has 0 aromatic heterocycles. The maximum absolute atomic E-state index is 13.2. The smallest absolute Gasteiger partial charge is 0.123 e. The van der Waals surface area contributed by atoms with Gasteiger partial charge in [-0.15, -0.1) is 0 Å². The third-order valence-corrected chi connectivity index (χ3v) is 3.52. The minimum absolute atomic E-state index is 0.147. The first-order valence-electron chi connectivity index (χ1n) is 6.23. The van der Waals surface area contributed by atoms with Crippen molar-refractivity contribution >= 4 is 11.6 Å². The Morgan fingerprint density at radius 2 is 2.06 bits per heavy atom. The van der Waals surface area contributed by atoms with Crippen LogP contribution in [0.4, 0.5) is 4.39 Å². The fourth-order valence-electron chi connectivity index (χ4n) is 2.05. The van der Waals surface area contributed by atoms with Gasteiger partial charge in [0.05, 0.1) is 6.10 Å². The summed E-state index contributed by atoms with van der Waals surface area (Å²) in [6.07, 6.45) is 3.31. The Labute approximate surface area is 108 Å². The molecule has 0 heterocycles. The molecule has 0 amide bonds. The van der Waals surface area contributed by atoms with E-state index < -0.39 is 6.10 Å². The first-order valence-corrected chi connectivity index (χ1v) is 6.60. The van der Waals surface area contributed by atoms with Crippen LogP contribution in [0.25, 0.3) is 0 Å². The van der Waals surface area contributed by atoms with Crippen molar-refractivity contribution in [3.8, 4) is 0 Å². The largest absolute Gasteiger partial charge is 0.388 e. The molecule has 96 valence electrons. The number of unbranched alkanes of at least 4 members (excludes halogenated alkanes) is 1. The van der Waals surface area contributed by atoms with E-state index in [1.165, 1.54) is 18.2 Å². The van der Waals surface area contributed by atoms with Gasteiger partial charge < -0.3 is 5.11 Å². The maximum Gasteiger partial charge on any atom is 0.123 e. The van der Waals surface area contributed by atoms with Crippen molar-refractivity contribution in [2.75, 3.05) is 0 Å². The highest BCUT2D eigenvalue weighted by Gasteiger charge is 2.21. The lowest BCUT2D eigenvalue weighted by Gasteiger charge is -2.22. The molecule has 2 unspecified atom stereocenters. The minimum atomic E-state index is -0.672. The lowest BCUT2D eigenvalue weighted by molar-refractivity contribution is 0.0987. The van der Waals surface area contributed by atoms with Gasteiger partial charge in [0.25, 0.3) is 0 Å². The van der Waals surface area contributed by atoms with E-state index in [2.05, 4.69) is 6.92 Å². The van der Waals surface area contributed by atoms with Crippen LogP contribution in [-0.2, 0) is 0 Å². The van der Waals surface area contributed by atoms with Crippen LogP contribution in [0.1, 0.15) is 51.2 Å². The molecule has 1 N–H and O–H groups in total. The van der Waals surface area contributed by atoms with Crippen molar-refractivity contribution in [2.24, 2.45) is 5.92 Å². The SMILES string of the molecule is CCCCC(CC)C(O)c1cc(F)ccc1Cl. The highest BCUT2D eigenvalue weighted by Crippen LogP contribution is 2.33. The van der Waals surface area contributed by atoms with Crippen molar-refractivity contribution in [3.63, 3.8) is 0 Å². The normalized spacial score (nSPS) is 14.6. The summed E-state index contributed by atoms with van der Waals surface area (Å²) < 4.78 is 13.2. The van der Waals surface area contributed by atoms with Crippen molar-refractivity contribution in [1.82, 2.24) is 0 Å². The number of aliphatic hydroxyl groups excluding tert-OH is 1. The zero-order valence-electron chi connectivity index (χ0n) is 10.4. The fourth-order valence-corrected chi connectivity index (χ4v) is 2.28. The van der Waals surface area contributed by atoms with Gasteiger partial charge in [-0.2, -0.15) is 0 Å². The summed E-state index contributed by atoms with van der Waals surface area (Å²) in [6, 6.07) is 4.15. The van der Waals surface area contributed by atoms with Crippen LogP contribution < -0.4 is 0 Å². The summed E-state index contributed by atoms with van der Waals surface area (Å²) in [5.74, 6) is -0.206. The van der Waals surface area contributed by atoms with Crippen LogP contribution in [-0.4, -0.2) is 5.11 Å². The molecule has 0 saturated carbocycles. The molecule has 3 heteroatoms. The Morgan fingerprint density at radius 3 is 2.65 bits per heavy atom. The molecular formula is C14H20ClFO. The van der Waals surface area contributed by atoms with E-state index in [0.29, 0.717) is 10.6 Å². The Balaban J connectivity index is 2.85. The summed E-state index contributed by atoms with van der Waals surface area (Å²) in [5, 5.41) is 10.7. The third-order valence-electron chi connectivity index (χ3n) is 3.18. The second-order valence-electron chi connectivity index (χ2n) is 4.42. The number of rotatable bonds is 6. The van der Waals surface area contributed by atoms with Crippen molar-refractivity contribution in [1.29, 1.82) is 0 Å². The average Bonchev–Trinajstić information content (AvgIpc) is 2.33. The van der Waals surface area contributed by atoms with Gasteiger partial charge in [-0.25, -0.2) is 4.39 Å². The summed E-state index contributed by atoms with van der Waals surface area (Å²) in [6.45, 7) is 4.16. The molecular weight excluding hydrogens is 239 g/mol. The monoisotopic (exact) mass is 258 g/mol. The molecule has 1 rings (SSSR count). The van der Waals surface area contributed by atoms with E-state index >= 15 is 0 Å². The van der Waals surface area contributed by atoms with Gasteiger partial charge in [-0.3, -0.25) is 0 Å². The molecule has 0 saturated heterocycles. The molecule has 0 aliphatic carbocycles.